The first-order valence-electron chi connectivity index (χ1n) is 4.73. The first-order valence-corrected chi connectivity index (χ1v) is 5.53. The van der Waals surface area contributed by atoms with E-state index in [0.717, 1.165) is 0 Å². The van der Waals surface area contributed by atoms with Crippen molar-refractivity contribution in [1.29, 1.82) is 0 Å². The standard InChI is InChI=1S/C11H12BrNO4/c1-7(13(14)15)4-8-5-10(16-2)11(17-3)6-9(8)12/h4-6H,1-3H3/b7-4+. The molecule has 0 amide bonds. The molecule has 6 heteroatoms. The molecule has 1 aromatic rings. The molecule has 1 aromatic carbocycles. The molecule has 0 N–H and O–H groups in total. The highest BCUT2D eigenvalue weighted by molar-refractivity contribution is 9.10. The van der Waals surface area contributed by atoms with Gasteiger partial charge in [-0.3, -0.25) is 10.1 Å². The van der Waals surface area contributed by atoms with E-state index < -0.39 is 4.92 Å². The zero-order valence-corrected chi connectivity index (χ0v) is 11.3. The fourth-order valence-electron chi connectivity index (χ4n) is 1.26. The number of benzene rings is 1. The number of methoxy groups -OCH3 is 2. The lowest BCUT2D eigenvalue weighted by Gasteiger charge is -2.09. The third kappa shape index (κ3) is 3.20. The van der Waals surface area contributed by atoms with Gasteiger partial charge >= 0.3 is 0 Å². The average molecular weight is 302 g/mol. The van der Waals surface area contributed by atoms with Crippen LogP contribution in [0.15, 0.2) is 22.3 Å². The summed E-state index contributed by atoms with van der Waals surface area (Å²) in [5.74, 6) is 1.09. The van der Waals surface area contributed by atoms with Crippen molar-refractivity contribution in [2.45, 2.75) is 6.92 Å². The lowest BCUT2D eigenvalue weighted by Crippen LogP contribution is -1.95. The van der Waals surface area contributed by atoms with Crippen molar-refractivity contribution in [2.75, 3.05) is 14.2 Å². The summed E-state index contributed by atoms with van der Waals surface area (Å²) in [6, 6.07) is 3.38. The lowest BCUT2D eigenvalue weighted by atomic mass is 10.1. The predicted molar refractivity (Wildman–Crippen MR) is 67.9 cm³/mol. The Morgan fingerprint density at radius 3 is 2.35 bits per heavy atom. The topological polar surface area (TPSA) is 61.6 Å². The Bertz CT molecular complexity index is 471. The molecule has 1 rings (SSSR count). The maximum absolute atomic E-state index is 10.6. The van der Waals surface area contributed by atoms with E-state index >= 15 is 0 Å². The molecule has 0 saturated carbocycles. The molecule has 92 valence electrons. The summed E-state index contributed by atoms with van der Waals surface area (Å²) in [4.78, 5) is 10.1. The number of ether oxygens (including phenoxy) is 2. The smallest absolute Gasteiger partial charge is 0.243 e. The number of hydrogen-bond donors (Lipinski definition) is 0. The summed E-state index contributed by atoms with van der Waals surface area (Å²) in [6.45, 7) is 1.43. The third-order valence-corrected chi connectivity index (χ3v) is 2.84. The Kier molecular flexibility index (Phi) is 4.51. The summed E-state index contributed by atoms with van der Waals surface area (Å²) in [5.41, 5.74) is 0.717. The molecular weight excluding hydrogens is 290 g/mol. The summed E-state index contributed by atoms with van der Waals surface area (Å²) in [7, 11) is 3.04. The van der Waals surface area contributed by atoms with Crippen LogP contribution in [0.25, 0.3) is 6.08 Å². The van der Waals surface area contributed by atoms with Crippen LogP contribution < -0.4 is 9.47 Å². The second kappa shape index (κ2) is 5.67. The molecule has 0 radical (unpaired) electrons. The van der Waals surface area contributed by atoms with Crippen LogP contribution in [0.3, 0.4) is 0 Å². The van der Waals surface area contributed by atoms with Gasteiger partial charge in [0.15, 0.2) is 11.5 Å². The van der Waals surface area contributed by atoms with Gasteiger partial charge in [-0.05, 0) is 17.7 Å². The molecule has 0 spiro atoms. The normalized spacial score (nSPS) is 11.2. The summed E-state index contributed by atoms with van der Waals surface area (Å²) in [5, 5.41) is 10.6. The summed E-state index contributed by atoms with van der Waals surface area (Å²) >= 11 is 3.33. The fourth-order valence-corrected chi connectivity index (χ4v) is 1.70. The molecule has 0 heterocycles. The van der Waals surface area contributed by atoms with Crippen molar-refractivity contribution in [3.63, 3.8) is 0 Å². The van der Waals surface area contributed by atoms with Gasteiger partial charge < -0.3 is 9.47 Å². The molecule has 0 bridgehead atoms. The van der Waals surface area contributed by atoms with E-state index in [1.807, 2.05) is 0 Å². The van der Waals surface area contributed by atoms with E-state index in [1.54, 1.807) is 12.1 Å². The van der Waals surface area contributed by atoms with Crippen LogP contribution >= 0.6 is 15.9 Å². The van der Waals surface area contributed by atoms with Crippen molar-refractivity contribution in [3.8, 4) is 11.5 Å². The fraction of sp³-hybridized carbons (Fsp3) is 0.273. The molecule has 0 fully saturated rings. The van der Waals surface area contributed by atoms with Gasteiger partial charge in [0, 0.05) is 17.5 Å². The first-order chi connectivity index (χ1) is 7.99. The van der Waals surface area contributed by atoms with Crippen molar-refractivity contribution in [2.24, 2.45) is 0 Å². The maximum Gasteiger partial charge on any atom is 0.243 e. The maximum atomic E-state index is 10.6. The summed E-state index contributed by atoms with van der Waals surface area (Å²) in [6.07, 6.45) is 1.46. The van der Waals surface area contributed by atoms with E-state index in [-0.39, 0.29) is 5.70 Å². The molecule has 0 aliphatic heterocycles. The van der Waals surface area contributed by atoms with E-state index in [4.69, 9.17) is 9.47 Å². The van der Waals surface area contributed by atoms with Crippen molar-refractivity contribution < 1.29 is 14.4 Å². The second-order valence-electron chi connectivity index (χ2n) is 3.27. The van der Waals surface area contributed by atoms with Crippen molar-refractivity contribution in [1.82, 2.24) is 0 Å². The molecular formula is C11H12BrNO4. The molecule has 17 heavy (non-hydrogen) atoms. The molecule has 0 saturated heterocycles. The zero-order valence-electron chi connectivity index (χ0n) is 9.69. The Labute approximate surface area is 107 Å². The van der Waals surface area contributed by atoms with Gasteiger partial charge in [-0.1, -0.05) is 15.9 Å². The van der Waals surface area contributed by atoms with Gasteiger partial charge in [0.25, 0.3) is 0 Å². The van der Waals surface area contributed by atoms with Crippen molar-refractivity contribution >= 4 is 22.0 Å². The molecule has 0 aliphatic rings. The molecule has 0 aliphatic carbocycles. The molecule has 0 atom stereocenters. The Balaban J connectivity index is 3.26. The Morgan fingerprint density at radius 1 is 1.35 bits per heavy atom. The Morgan fingerprint density at radius 2 is 1.88 bits per heavy atom. The second-order valence-corrected chi connectivity index (χ2v) is 4.13. The van der Waals surface area contributed by atoms with E-state index in [9.17, 15) is 10.1 Å². The number of allylic oxidation sites excluding steroid dienone is 1. The molecule has 0 unspecified atom stereocenters. The number of nitrogens with zero attached hydrogens (tertiary/aromatic N) is 1. The number of halogens is 1. The highest BCUT2D eigenvalue weighted by Gasteiger charge is 2.10. The van der Waals surface area contributed by atoms with Gasteiger partial charge in [0.05, 0.1) is 19.1 Å². The van der Waals surface area contributed by atoms with Crippen molar-refractivity contribution in [3.05, 3.63) is 38.0 Å². The quantitative estimate of drug-likeness (QED) is 0.633. The Hall–Kier alpha value is -1.56. The van der Waals surface area contributed by atoms with Crippen LogP contribution in [0, 0.1) is 10.1 Å². The predicted octanol–water partition coefficient (Wildman–Crippen LogP) is 3.10. The van der Waals surface area contributed by atoms with Crippen LogP contribution in [0.2, 0.25) is 0 Å². The minimum atomic E-state index is -0.441. The minimum Gasteiger partial charge on any atom is -0.493 e. The first kappa shape index (κ1) is 13.5. The van der Waals surface area contributed by atoms with Crippen LogP contribution in [-0.4, -0.2) is 19.1 Å². The van der Waals surface area contributed by atoms with Gasteiger partial charge in [-0.25, -0.2) is 0 Å². The van der Waals surface area contributed by atoms with Gasteiger partial charge in [0.1, 0.15) is 0 Å². The molecule has 5 nitrogen and oxygen atoms in total. The van der Waals surface area contributed by atoms with E-state index in [0.29, 0.717) is 21.5 Å². The van der Waals surface area contributed by atoms with Gasteiger partial charge in [-0.15, -0.1) is 0 Å². The third-order valence-electron chi connectivity index (χ3n) is 2.16. The highest BCUT2D eigenvalue weighted by atomic mass is 79.9. The highest BCUT2D eigenvalue weighted by Crippen LogP contribution is 2.34. The van der Waals surface area contributed by atoms with Crippen LogP contribution in [0.4, 0.5) is 0 Å². The monoisotopic (exact) mass is 301 g/mol. The van der Waals surface area contributed by atoms with E-state index in [1.165, 1.54) is 27.2 Å². The zero-order chi connectivity index (χ0) is 13.0. The number of nitro groups is 1. The van der Waals surface area contributed by atoms with Crippen LogP contribution in [0.1, 0.15) is 12.5 Å². The SMILES string of the molecule is COc1cc(Br)c(/C=C(\C)[N+](=O)[O-])cc1OC. The lowest BCUT2D eigenvalue weighted by molar-refractivity contribution is -0.422. The average Bonchev–Trinajstić information content (AvgIpc) is 2.30. The minimum absolute atomic E-state index is 0.0536. The summed E-state index contributed by atoms with van der Waals surface area (Å²) < 4.78 is 10.9. The van der Waals surface area contributed by atoms with Crippen LogP contribution in [-0.2, 0) is 0 Å². The largest absolute Gasteiger partial charge is 0.493 e. The number of hydrogen-bond acceptors (Lipinski definition) is 4. The molecule has 0 aromatic heterocycles. The van der Waals surface area contributed by atoms with E-state index in [2.05, 4.69) is 15.9 Å². The number of rotatable bonds is 4. The van der Waals surface area contributed by atoms with Crippen LogP contribution in [0.5, 0.6) is 11.5 Å². The van der Waals surface area contributed by atoms with Gasteiger partial charge in [-0.2, -0.15) is 0 Å². The van der Waals surface area contributed by atoms with Gasteiger partial charge in [0.2, 0.25) is 5.70 Å².